The van der Waals surface area contributed by atoms with Gasteiger partial charge >= 0.3 is 0 Å². The summed E-state index contributed by atoms with van der Waals surface area (Å²) in [6, 6.07) is 13.2. The number of hydrogen-bond donors (Lipinski definition) is 1. The molecule has 19 heavy (non-hydrogen) atoms. The van der Waals surface area contributed by atoms with Crippen molar-refractivity contribution in [1.29, 1.82) is 0 Å². The maximum atomic E-state index is 13.5. The third-order valence-corrected chi connectivity index (χ3v) is 2.82. The average molecular weight is 258 g/mol. The standard InChI is InChI=1S/C15H15FN2O/c1-18(10-11-5-4-6-12(17)9-11)15(19)13-7-2-3-8-14(13)16/h2-9H,10,17H2,1H3. The molecule has 0 saturated heterocycles. The lowest BCUT2D eigenvalue weighted by Crippen LogP contribution is -2.27. The lowest BCUT2D eigenvalue weighted by atomic mass is 10.1. The molecule has 0 bridgehead atoms. The minimum atomic E-state index is -0.507. The summed E-state index contributed by atoms with van der Waals surface area (Å²) in [5, 5.41) is 0. The second-order valence-electron chi connectivity index (χ2n) is 4.39. The molecule has 0 heterocycles. The molecular formula is C15H15FN2O. The van der Waals surface area contributed by atoms with Crippen LogP contribution >= 0.6 is 0 Å². The van der Waals surface area contributed by atoms with E-state index < -0.39 is 5.82 Å². The van der Waals surface area contributed by atoms with E-state index in [1.54, 1.807) is 31.3 Å². The van der Waals surface area contributed by atoms with Crippen LogP contribution in [0.3, 0.4) is 0 Å². The van der Waals surface area contributed by atoms with E-state index >= 15 is 0 Å². The first-order valence-electron chi connectivity index (χ1n) is 5.92. The maximum Gasteiger partial charge on any atom is 0.256 e. The normalized spacial score (nSPS) is 10.2. The number of amides is 1. The lowest BCUT2D eigenvalue weighted by molar-refractivity contribution is 0.0780. The summed E-state index contributed by atoms with van der Waals surface area (Å²) >= 11 is 0. The van der Waals surface area contributed by atoms with Crippen LogP contribution in [0, 0.1) is 5.82 Å². The number of anilines is 1. The quantitative estimate of drug-likeness (QED) is 0.860. The fraction of sp³-hybridized carbons (Fsp3) is 0.133. The SMILES string of the molecule is CN(Cc1cccc(N)c1)C(=O)c1ccccc1F. The van der Waals surface area contributed by atoms with Gasteiger partial charge in [0.2, 0.25) is 0 Å². The Morgan fingerprint density at radius 1 is 1.21 bits per heavy atom. The molecule has 2 aromatic carbocycles. The van der Waals surface area contributed by atoms with Crippen LogP contribution < -0.4 is 5.73 Å². The number of benzene rings is 2. The predicted molar refractivity (Wildman–Crippen MR) is 73.1 cm³/mol. The lowest BCUT2D eigenvalue weighted by Gasteiger charge is -2.17. The van der Waals surface area contributed by atoms with E-state index in [-0.39, 0.29) is 11.5 Å². The number of halogens is 1. The second kappa shape index (κ2) is 5.52. The molecule has 2 rings (SSSR count). The zero-order valence-corrected chi connectivity index (χ0v) is 10.6. The van der Waals surface area contributed by atoms with Gasteiger partial charge in [0.15, 0.2) is 0 Å². The molecule has 0 aromatic heterocycles. The van der Waals surface area contributed by atoms with Crippen molar-refractivity contribution >= 4 is 11.6 Å². The molecule has 1 amide bonds. The van der Waals surface area contributed by atoms with Crippen molar-refractivity contribution in [3.8, 4) is 0 Å². The summed E-state index contributed by atoms with van der Waals surface area (Å²) < 4.78 is 13.5. The third-order valence-electron chi connectivity index (χ3n) is 2.82. The highest BCUT2D eigenvalue weighted by atomic mass is 19.1. The zero-order chi connectivity index (χ0) is 13.8. The number of nitrogen functional groups attached to an aromatic ring is 1. The zero-order valence-electron chi connectivity index (χ0n) is 10.6. The van der Waals surface area contributed by atoms with E-state index in [1.807, 2.05) is 12.1 Å². The molecule has 0 radical (unpaired) electrons. The molecule has 3 nitrogen and oxygen atoms in total. The van der Waals surface area contributed by atoms with E-state index in [9.17, 15) is 9.18 Å². The Hall–Kier alpha value is -2.36. The van der Waals surface area contributed by atoms with Crippen LogP contribution in [0.1, 0.15) is 15.9 Å². The van der Waals surface area contributed by atoms with E-state index in [0.717, 1.165) is 5.56 Å². The van der Waals surface area contributed by atoms with Crippen molar-refractivity contribution in [2.45, 2.75) is 6.54 Å². The van der Waals surface area contributed by atoms with E-state index in [2.05, 4.69) is 0 Å². The molecule has 2 aromatic rings. The maximum absolute atomic E-state index is 13.5. The molecule has 0 aliphatic rings. The molecule has 0 aliphatic heterocycles. The van der Waals surface area contributed by atoms with Gasteiger partial charge in [-0.25, -0.2) is 4.39 Å². The van der Waals surface area contributed by atoms with Gasteiger partial charge in [-0.05, 0) is 29.8 Å². The number of nitrogens with two attached hydrogens (primary N) is 1. The van der Waals surface area contributed by atoms with E-state index in [1.165, 1.54) is 17.0 Å². The highest BCUT2D eigenvalue weighted by Gasteiger charge is 2.15. The predicted octanol–water partition coefficient (Wildman–Crippen LogP) is 2.68. The summed E-state index contributed by atoms with van der Waals surface area (Å²) in [7, 11) is 1.64. The first kappa shape index (κ1) is 13.1. The number of carbonyl (C=O) groups is 1. The minimum absolute atomic E-state index is 0.0777. The number of nitrogens with zero attached hydrogens (tertiary/aromatic N) is 1. The van der Waals surface area contributed by atoms with Crippen molar-refractivity contribution in [2.75, 3.05) is 12.8 Å². The van der Waals surface area contributed by atoms with Gasteiger partial charge in [0.1, 0.15) is 5.82 Å². The van der Waals surface area contributed by atoms with Gasteiger partial charge in [-0.2, -0.15) is 0 Å². The van der Waals surface area contributed by atoms with Gasteiger partial charge in [-0.15, -0.1) is 0 Å². The molecule has 0 fully saturated rings. The van der Waals surface area contributed by atoms with Gasteiger partial charge in [-0.3, -0.25) is 4.79 Å². The van der Waals surface area contributed by atoms with Crippen LogP contribution in [0.4, 0.5) is 10.1 Å². The van der Waals surface area contributed by atoms with Crippen LogP contribution in [0.25, 0.3) is 0 Å². The average Bonchev–Trinajstić information content (AvgIpc) is 2.38. The van der Waals surface area contributed by atoms with Gasteiger partial charge in [0, 0.05) is 19.3 Å². The van der Waals surface area contributed by atoms with Crippen LogP contribution in [0.5, 0.6) is 0 Å². The van der Waals surface area contributed by atoms with Crippen LogP contribution in [0.15, 0.2) is 48.5 Å². The van der Waals surface area contributed by atoms with Gasteiger partial charge in [0.25, 0.3) is 5.91 Å². The van der Waals surface area contributed by atoms with Crippen molar-refractivity contribution in [2.24, 2.45) is 0 Å². The Balaban J connectivity index is 2.14. The summed E-state index contributed by atoms with van der Waals surface area (Å²) in [5.74, 6) is -0.854. The molecule has 0 aliphatic carbocycles. The Kier molecular flexibility index (Phi) is 3.80. The molecule has 0 saturated carbocycles. The van der Waals surface area contributed by atoms with Crippen molar-refractivity contribution in [1.82, 2.24) is 4.90 Å². The fourth-order valence-corrected chi connectivity index (χ4v) is 1.88. The monoisotopic (exact) mass is 258 g/mol. The fourth-order valence-electron chi connectivity index (χ4n) is 1.88. The number of hydrogen-bond acceptors (Lipinski definition) is 2. The molecule has 98 valence electrons. The van der Waals surface area contributed by atoms with Gasteiger partial charge in [0.05, 0.1) is 5.56 Å². The summed E-state index contributed by atoms with van der Waals surface area (Å²) in [4.78, 5) is 13.6. The van der Waals surface area contributed by atoms with E-state index in [0.29, 0.717) is 12.2 Å². The smallest absolute Gasteiger partial charge is 0.256 e. The first-order chi connectivity index (χ1) is 9.08. The van der Waals surface area contributed by atoms with Gasteiger partial charge in [-0.1, -0.05) is 24.3 Å². The van der Waals surface area contributed by atoms with Crippen molar-refractivity contribution in [3.05, 3.63) is 65.5 Å². The van der Waals surface area contributed by atoms with Crippen LogP contribution in [0.2, 0.25) is 0 Å². The first-order valence-corrected chi connectivity index (χ1v) is 5.92. The van der Waals surface area contributed by atoms with Crippen LogP contribution in [-0.2, 0) is 6.54 Å². The molecule has 0 spiro atoms. The van der Waals surface area contributed by atoms with Gasteiger partial charge < -0.3 is 10.6 Å². The Morgan fingerprint density at radius 3 is 2.63 bits per heavy atom. The Labute approximate surface area is 111 Å². The molecule has 4 heteroatoms. The number of rotatable bonds is 3. The summed E-state index contributed by atoms with van der Waals surface area (Å²) in [5.41, 5.74) is 7.31. The van der Waals surface area contributed by atoms with E-state index in [4.69, 9.17) is 5.73 Å². The molecule has 2 N–H and O–H groups in total. The molecule has 0 unspecified atom stereocenters. The highest BCUT2D eigenvalue weighted by Crippen LogP contribution is 2.13. The largest absolute Gasteiger partial charge is 0.399 e. The summed E-state index contributed by atoms with van der Waals surface area (Å²) in [6.45, 7) is 0.387. The second-order valence-corrected chi connectivity index (χ2v) is 4.39. The van der Waals surface area contributed by atoms with Crippen molar-refractivity contribution < 1.29 is 9.18 Å². The summed E-state index contributed by atoms with van der Waals surface area (Å²) in [6.07, 6.45) is 0. The Bertz CT molecular complexity index is 598. The Morgan fingerprint density at radius 2 is 1.95 bits per heavy atom. The third kappa shape index (κ3) is 3.10. The van der Waals surface area contributed by atoms with Crippen molar-refractivity contribution in [3.63, 3.8) is 0 Å². The van der Waals surface area contributed by atoms with Crippen LogP contribution in [-0.4, -0.2) is 17.9 Å². The topological polar surface area (TPSA) is 46.3 Å². The number of carbonyl (C=O) groups excluding carboxylic acids is 1. The molecule has 0 atom stereocenters. The minimum Gasteiger partial charge on any atom is -0.399 e. The molecular weight excluding hydrogens is 243 g/mol. The highest BCUT2D eigenvalue weighted by molar-refractivity contribution is 5.94.